The van der Waals surface area contributed by atoms with Gasteiger partial charge in [-0.1, -0.05) is 35.5 Å². The second-order valence-corrected chi connectivity index (χ2v) is 5.55. The molecule has 2 heterocycles. The lowest BCUT2D eigenvalue weighted by molar-refractivity contribution is -0.789. The van der Waals surface area contributed by atoms with Crippen molar-refractivity contribution in [2.75, 3.05) is 0 Å². The zero-order valence-corrected chi connectivity index (χ0v) is 19.2. The quantitative estimate of drug-likeness (QED) is 0.0748. The molecule has 0 atom stereocenters. The largest absolute Gasteiger partial charge is 1.00 e. The minimum atomic E-state index is -0.0599. The van der Waals surface area contributed by atoms with E-state index in [0.717, 1.165) is 0 Å². The fraction of sp³-hybridized carbons (Fsp3) is 0.100. The number of oxime groups is 1. The standard InChI is InChI=1S/C20H18N3O3.2HI/c24-20(17-8-2-1-3-9-17)19-11-5-7-13-23(19)16-26-15-22-12-6-4-10-18(22)14-21-25;;/h1-14H,15-16H2;2*1H/q+1;;/p-1. The van der Waals surface area contributed by atoms with Crippen LogP contribution in [0, 0.1) is 0 Å². The maximum absolute atomic E-state index is 12.7. The summed E-state index contributed by atoms with van der Waals surface area (Å²) in [6.45, 7) is 0.468. The average Bonchev–Trinajstić information content (AvgIpc) is 2.70. The number of nitrogens with zero attached hydrogens (tertiary/aromatic N) is 3. The van der Waals surface area contributed by atoms with E-state index in [1.54, 1.807) is 27.3 Å². The summed E-state index contributed by atoms with van der Waals surface area (Å²) in [5.41, 5.74) is 1.88. The van der Waals surface area contributed by atoms with E-state index in [4.69, 9.17) is 9.94 Å². The Morgan fingerprint density at radius 1 is 0.893 bits per heavy atom. The number of ether oxygens (including phenoxy) is 1. The van der Waals surface area contributed by atoms with Crippen molar-refractivity contribution in [3.63, 3.8) is 0 Å². The molecule has 28 heavy (non-hydrogen) atoms. The second kappa shape index (κ2) is 12.5. The van der Waals surface area contributed by atoms with Crippen LogP contribution in [0.25, 0.3) is 0 Å². The summed E-state index contributed by atoms with van der Waals surface area (Å²) in [7, 11) is 0. The van der Waals surface area contributed by atoms with Crippen LogP contribution < -0.4 is 57.1 Å². The van der Waals surface area contributed by atoms with Crippen LogP contribution in [0.5, 0.6) is 0 Å². The van der Waals surface area contributed by atoms with Crippen molar-refractivity contribution in [2.45, 2.75) is 13.5 Å². The molecule has 0 saturated heterocycles. The molecule has 1 N–H and O–H groups in total. The highest BCUT2D eigenvalue weighted by molar-refractivity contribution is 6.06. The molecule has 2 aromatic heterocycles. The van der Waals surface area contributed by atoms with Crippen molar-refractivity contribution in [1.29, 1.82) is 0 Å². The van der Waals surface area contributed by atoms with Crippen LogP contribution in [0.15, 0.2) is 84.3 Å². The van der Waals surface area contributed by atoms with Gasteiger partial charge in [-0.3, -0.25) is 9.53 Å². The molecule has 3 rings (SSSR count). The van der Waals surface area contributed by atoms with E-state index in [2.05, 4.69) is 5.16 Å². The first-order valence-electron chi connectivity index (χ1n) is 8.11. The monoisotopic (exact) mass is 603 g/mol. The zero-order chi connectivity index (χ0) is 18.2. The second-order valence-electron chi connectivity index (χ2n) is 5.55. The van der Waals surface area contributed by atoms with Crippen LogP contribution in [0.2, 0.25) is 0 Å². The number of pyridine rings is 2. The maximum atomic E-state index is 12.7. The van der Waals surface area contributed by atoms with Crippen LogP contribution in [0.3, 0.4) is 0 Å². The highest BCUT2D eigenvalue weighted by Gasteiger charge is 2.20. The predicted octanol–water partition coefficient (Wildman–Crippen LogP) is -4.06. The molecule has 0 bridgehead atoms. The number of rotatable bonds is 7. The number of benzene rings is 1. The van der Waals surface area contributed by atoms with E-state index < -0.39 is 0 Å². The van der Waals surface area contributed by atoms with Crippen LogP contribution in [0.4, 0.5) is 0 Å². The van der Waals surface area contributed by atoms with Gasteiger partial charge in [-0.05, 0) is 12.1 Å². The Balaban J connectivity index is 0.00000196. The van der Waals surface area contributed by atoms with E-state index in [9.17, 15) is 4.79 Å². The fourth-order valence-corrected chi connectivity index (χ4v) is 2.55. The summed E-state index contributed by atoms with van der Waals surface area (Å²) in [4.78, 5) is 12.7. The third kappa shape index (κ3) is 6.31. The van der Waals surface area contributed by atoms with Crippen molar-refractivity contribution in [3.05, 3.63) is 96.1 Å². The molecule has 0 unspecified atom stereocenters. The van der Waals surface area contributed by atoms with Gasteiger partial charge in [-0.25, -0.2) is 0 Å². The molecule has 146 valence electrons. The Bertz CT molecular complexity index is 921. The molecule has 3 aromatic rings. The van der Waals surface area contributed by atoms with Crippen molar-refractivity contribution < 1.29 is 71.8 Å². The van der Waals surface area contributed by atoms with Crippen LogP contribution >= 0.6 is 0 Å². The molecule has 0 aliphatic rings. The minimum absolute atomic E-state index is 0. The number of aromatic nitrogens is 2. The third-order valence-corrected chi connectivity index (χ3v) is 3.84. The van der Waals surface area contributed by atoms with E-state index in [1.807, 2.05) is 60.9 Å². The smallest absolute Gasteiger partial charge is 0.258 e. The first-order valence-corrected chi connectivity index (χ1v) is 8.11. The predicted molar refractivity (Wildman–Crippen MR) is 93.6 cm³/mol. The minimum Gasteiger partial charge on any atom is -1.00 e. The third-order valence-electron chi connectivity index (χ3n) is 3.84. The van der Waals surface area contributed by atoms with Gasteiger partial charge in [-0.15, -0.1) is 0 Å². The van der Waals surface area contributed by atoms with E-state index in [1.165, 1.54) is 6.21 Å². The summed E-state index contributed by atoms with van der Waals surface area (Å²) < 4.78 is 9.31. The molecular formula is C20H19I2N3O3. The van der Waals surface area contributed by atoms with Gasteiger partial charge in [0.1, 0.15) is 6.21 Å². The van der Waals surface area contributed by atoms with E-state index >= 15 is 0 Å². The van der Waals surface area contributed by atoms with Crippen molar-refractivity contribution >= 4 is 12.0 Å². The molecule has 0 aliphatic carbocycles. The fourth-order valence-electron chi connectivity index (χ4n) is 2.55. The van der Waals surface area contributed by atoms with Crippen molar-refractivity contribution in [1.82, 2.24) is 0 Å². The summed E-state index contributed by atoms with van der Waals surface area (Å²) in [5, 5.41) is 11.8. The Hall–Kier alpha value is -1.92. The molecule has 8 heteroatoms. The molecular weight excluding hydrogens is 584 g/mol. The van der Waals surface area contributed by atoms with Crippen LogP contribution in [0.1, 0.15) is 21.7 Å². The Morgan fingerprint density at radius 2 is 1.50 bits per heavy atom. The van der Waals surface area contributed by atoms with Gasteiger partial charge < -0.3 is 53.2 Å². The highest BCUT2D eigenvalue weighted by atomic mass is 127. The van der Waals surface area contributed by atoms with Gasteiger partial charge in [0, 0.05) is 29.8 Å². The lowest BCUT2D eigenvalue weighted by Gasteiger charge is -2.04. The lowest BCUT2D eigenvalue weighted by atomic mass is 10.1. The number of carbonyl (C=O) groups excluding carboxylic acids is 1. The van der Waals surface area contributed by atoms with Crippen LogP contribution in [-0.4, -0.2) is 17.2 Å². The summed E-state index contributed by atoms with van der Waals surface area (Å²) >= 11 is 0. The van der Waals surface area contributed by atoms with Gasteiger partial charge in [0.15, 0.2) is 12.4 Å². The molecule has 0 radical (unpaired) electrons. The van der Waals surface area contributed by atoms with Crippen molar-refractivity contribution in [3.8, 4) is 0 Å². The van der Waals surface area contributed by atoms with Gasteiger partial charge in [0.2, 0.25) is 5.69 Å². The highest BCUT2D eigenvalue weighted by Crippen LogP contribution is 2.06. The molecule has 0 fully saturated rings. The topological polar surface area (TPSA) is 66.7 Å². The molecule has 6 nitrogen and oxygen atoms in total. The summed E-state index contributed by atoms with van der Waals surface area (Å²) in [6.07, 6.45) is 4.97. The first-order chi connectivity index (χ1) is 12.8. The number of ketones is 1. The lowest BCUT2D eigenvalue weighted by Crippen LogP contribution is -3.00. The van der Waals surface area contributed by atoms with E-state index in [0.29, 0.717) is 17.0 Å². The average molecular weight is 603 g/mol. The maximum Gasteiger partial charge on any atom is 0.258 e. The Morgan fingerprint density at radius 3 is 2.21 bits per heavy atom. The van der Waals surface area contributed by atoms with Gasteiger partial charge in [-0.2, -0.15) is 9.13 Å². The SMILES string of the molecule is O=C(c1ccccc1)c1cccc[n+]1COC[n+]1ccccc1C=NO.[I-].[I-]. The van der Waals surface area contributed by atoms with Gasteiger partial charge >= 0.3 is 0 Å². The number of carbonyl (C=O) groups is 1. The molecule has 1 aromatic carbocycles. The van der Waals surface area contributed by atoms with Gasteiger partial charge in [0.05, 0.1) is 0 Å². The number of hydrogen-bond acceptors (Lipinski definition) is 4. The van der Waals surface area contributed by atoms with Gasteiger partial charge in [0.25, 0.3) is 24.9 Å². The number of halogens is 2. The molecule has 0 saturated carbocycles. The van der Waals surface area contributed by atoms with Crippen LogP contribution in [-0.2, 0) is 18.2 Å². The Labute approximate surface area is 197 Å². The zero-order valence-electron chi connectivity index (χ0n) is 14.9. The number of hydrogen-bond donors (Lipinski definition) is 1. The molecule has 0 amide bonds. The summed E-state index contributed by atoms with van der Waals surface area (Å²) in [5.74, 6) is -0.0599. The first kappa shape index (κ1) is 24.1. The van der Waals surface area contributed by atoms with E-state index in [-0.39, 0.29) is 67.2 Å². The normalized spacial score (nSPS) is 10.1. The van der Waals surface area contributed by atoms with Crippen molar-refractivity contribution in [2.24, 2.45) is 5.16 Å². The Kier molecular flexibility index (Phi) is 10.8. The summed E-state index contributed by atoms with van der Waals surface area (Å²) in [6, 6.07) is 20.1. The molecule has 0 aliphatic heterocycles. The molecule has 0 spiro atoms.